The highest BCUT2D eigenvalue weighted by atomic mass is 16.5. The molecule has 0 saturated heterocycles. The summed E-state index contributed by atoms with van der Waals surface area (Å²) in [7, 11) is 0. The summed E-state index contributed by atoms with van der Waals surface area (Å²) in [5.41, 5.74) is 5.02. The van der Waals surface area contributed by atoms with E-state index in [-0.39, 0.29) is 6.04 Å². The van der Waals surface area contributed by atoms with Gasteiger partial charge >= 0.3 is 0 Å². The number of hydrogen-bond donors (Lipinski definition) is 0. The van der Waals surface area contributed by atoms with Crippen LogP contribution in [-0.2, 0) is 11.3 Å². The maximum Gasteiger partial charge on any atom is 0.245 e. The molecular weight excluding hydrogens is 332 g/mol. The van der Waals surface area contributed by atoms with Gasteiger partial charge in [0.2, 0.25) is 6.33 Å². The Bertz CT molecular complexity index is 953. The summed E-state index contributed by atoms with van der Waals surface area (Å²) in [6.45, 7) is 4.35. The highest BCUT2D eigenvalue weighted by molar-refractivity contribution is 5.72. The summed E-state index contributed by atoms with van der Waals surface area (Å²) >= 11 is 0. The van der Waals surface area contributed by atoms with E-state index in [1.54, 1.807) is 0 Å². The molecule has 136 valence electrons. The number of para-hydroxylation sites is 2. The van der Waals surface area contributed by atoms with Crippen LogP contribution in [0.1, 0.15) is 24.1 Å². The van der Waals surface area contributed by atoms with Crippen molar-refractivity contribution in [3.63, 3.8) is 0 Å². The number of imidazole rings is 1. The second kappa shape index (κ2) is 8.19. The van der Waals surface area contributed by atoms with E-state index in [0.29, 0.717) is 0 Å². The molecule has 0 N–H and O–H groups in total. The van der Waals surface area contributed by atoms with Crippen LogP contribution in [0, 0.1) is 0 Å². The van der Waals surface area contributed by atoms with Crippen LogP contribution in [0.4, 0.5) is 0 Å². The number of ether oxygens (including phenoxy) is 1. The minimum Gasteiger partial charge on any atom is -0.378 e. The first-order chi connectivity index (χ1) is 13.4. The molecule has 3 aromatic carbocycles. The minimum absolute atomic E-state index is 0.130. The van der Waals surface area contributed by atoms with E-state index in [1.807, 2.05) is 6.92 Å². The van der Waals surface area contributed by atoms with Gasteiger partial charge in [-0.1, -0.05) is 72.8 Å². The van der Waals surface area contributed by atoms with Gasteiger partial charge in [-0.3, -0.25) is 0 Å². The van der Waals surface area contributed by atoms with E-state index < -0.39 is 0 Å². The Balaban J connectivity index is 1.86. The average molecular weight is 357 g/mol. The van der Waals surface area contributed by atoms with Crippen LogP contribution < -0.4 is 4.57 Å². The van der Waals surface area contributed by atoms with Gasteiger partial charge in [-0.25, -0.2) is 9.13 Å². The number of nitrogens with zero attached hydrogens (tertiary/aromatic N) is 2. The van der Waals surface area contributed by atoms with Gasteiger partial charge in [-0.2, -0.15) is 0 Å². The van der Waals surface area contributed by atoms with E-state index in [9.17, 15) is 0 Å². The zero-order valence-electron chi connectivity index (χ0n) is 15.7. The van der Waals surface area contributed by atoms with Crippen LogP contribution in [-0.4, -0.2) is 17.8 Å². The van der Waals surface area contributed by atoms with Gasteiger partial charge < -0.3 is 4.74 Å². The summed E-state index contributed by atoms with van der Waals surface area (Å²) in [6, 6.07) is 30.1. The Labute approximate surface area is 160 Å². The van der Waals surface area contributed by atoms with Crippen molar-refractivity contribution in [2.45, 2.75) is 19.5 Å². The number of benzene rings is 3. The summed E-state index contributed by atoms with van der Waals surface area (Å²) in [4.78, 5) is 0. The molecule has 4 aromatic rings. The van der Waals surface area contributed by atoms with Crippen molar-refractivity contribution in [1.82, 2.24) is 4.57 Å². The van der Waals surface area contributed by atoms with E-state index in [1.165, 1.54) is 22.2 Å². The van der Waals surface area contributed by atoms with Gasteiger partial charge in [-0.05, 0) is 19.1 Å². The van der Waals surface area contributed by atoms with Crippen molar-refractivity contribution in [3.8, 4) is 0 Å². The number of rotatable bonds is 7. The lowest BCUT2D eigenvalue weighted by molar-refractivity contribution is -0.674. The first-order valence-corrected chi connectivity index (χ1v) is 9.55. The highest BCUT2D eigenvalue weighted by Gasteiger charge is 2.25. The lowest BCUT2D eigenvalue weighted by atomic mass is 9.98. The Morgan fingerprint density at radius 2 is 1.41 bits per heavy atom. The molecule has 0 radical (unpaired) electrons. The second-order valence-corrected chi connectivity index (χ2v) is 6.63. The summed E-state index contributed by atoms with van der Waals surface area (Å²) in [6.07, 6.45) is 2.23. The molecule has 0 amide bonds. The normalized spacial score (nSPS) is 11.3. The first kappa shape index (κ1) is 17.5. The van der Waals surface area contributed by atoms with Gasteiger partial charge in [0.25, 0.3) is 0 Å². The molecule has 0 spiro atoms. The monoisotopic (exact) mass is 357 g/mol. The largest absolute Gasteiger partial charge is 0.378 e. The fourth-order valence-electron chi connectivity index (χ4n) is 3.68. The smallest absolute Gasteiger partial charge is 0.245 e. The van der Waals surface area contributed by atoms with Gasteiger partial charge in [0, 0.05) is 17.7 Å². The standard InChI is InChI=1S/C24H25N2O/c1-2-27-18-17-25-19-26(23-16-10-9-15-22(23)25)24(20-11-5-3-6-12-20)21-13-7-4-8-14-21/h3-16,19,24H,2,17-18H2,1H3/q+1. The fraction of sp³-hybridized carbons (Fsp3) is 0.208. The van der Waals surface area contributed by atoms with Crippen molar-refractivity contribution in [2.75, 3.05) is 13.2 Å². The Hall–Kier alpha value is -2.91. The Morgan fingerprint density at radius 1 is 0.815 bits per heavy atom. The maximum absolute atomic E-state index is 5.60. The molecule has 0 aliphatic carbocycles. The zero-order valence-corrected chi connectivity index (χ0v) is 15.7. The topological polar surface area (TPSA) is 18.0 Å². The molecule has 0 aliphatic heterocycles. The predicted octanol–water partition coefficient (Wildman–Crippen LogP) is 4.60. The highest BCUT2D eigenvalue weighted by Crippen LogP contribution is 2.29. The third-order valence-electron chi connectivity index (χ3n) is 4.92. The third-order valence-corrected chi connectivity index (χ3v) is 4.92. The van der Waals surface area contributed by atoms with Crippen molar-refractivity contribution < 1.29 is 9.30 Å². The molecule has 0 unspecified atom stereocenters. The Kier molecular flexibility index (Phi) is 5.31. The molecule has 27 heavy (non-hydrogen) atoms. The molecule has 0 bridgehead atoms. The van der Waals surface area contributed by atoms with Crippen LogP contribution in [0.2, 0.25) is 0 Å². The summed E-state index contributed by atoms with van der Waals surface area (Å²) in [5, 5.41) is 0. The molecule has 4 rings (SSSR count). The molecule has 0 atom stereocenters. The SMILES string of the molecule is CCOCC[n+]1cn(C(c2ccccc2)c2ccccc2)c2ccccc21. The molecule has 1 heterocycles. The van der Waals surface area contributed by atoms with Crippen LogP contribution in [0.3, 0.4) is 0 Å². The number of hydrogen-bond acceptors (Lipinski definition) is 1. The van der Waals surface area contributed by atoms with Gasteiger partial charge in [0.05, 0.1) is 6.61 Å². The molecule has 0 saturated carbocycles. The van der Waals surface area contributed by atoms with E-state index in [2.05, 4.69) is 100 Å². The lowest BCUT2D eigenvalue weighted by Crippen LogP contribution is -2.35. The summed E-state index contributed by atoms with van der Waals surface area (Å²) < 4.78 is 10.3. The van der Waals surface area contributed by atoms with Gasteiger partial charge in [-0.15, -0.1) is 0 Å². The molecule has 3 heteroatoms. The van der Waals surface area contributed by atoms with Crippen LogP contribution >= 0.6 is 0 Å². The quantitative estimate of drug-likeness (QED) is 0.349. The van der Waals surface area contributed by atoms with Crippen LogP contribution in [0.25, 0.3) is 11.0 Å². The summed E-state index contributed by atoms with van der Waals surface area (Å²) in [5.74, 6) is 0. The zero-order chi connectivity index (χ0) is 18.5. The fourth-order valence-corrected chi connectivity index (χ4v) is 3.68. The van der Waals surface area contributed by atoms with Gasteiger partial charge in [0.1, 0.15) is 6.54 Å². The van der Waals surface area contributed by atoms with Crippen molar-refractivity contribution >= 4 is 11.0 Å². The van der Waals surface area contributed by atoms with Crippen molar-refractivity contribution in [2.24, 2.45) is 0 Å². The molecule has 0 fully saturated rings. The minimum atomic E-state index is 0.130. The Morgan fingerprint density at radius 3 is 2.04 bits per heavy atom. The van der Waals surface area contributed by atoms with E-state index in [4.69, 9.17) is 4.74 Å². The van der Waals surface area contributed by atoms with Crippen LogP contribution in [0.5, 0.6) is 0 Å². The molecule has 0 aliphatic rings. The first-order valence-electron chi connectivity index (χ1n) is 9.55. The second-order valence-electron chi connectivity index (χ2n) is 6.63. The maximum atomic E-state index is 5.60. The predicted molar refractivity (Wildman–Crippen MR) is 109 cm³/mol. The number of aromatic nitrogens is 2. The average Bonchev–Trinajstić information content (AvgIpc) is 3.09. The third kappa shape index (κ3) is 3.64. The molecule has 3 nitrogen and oxygen atoms in total. The van der Waals surface area contributed by atoms with E-state index in [0.717, 1.165) is 19.8 Å². The molecular formula is C24H25N2O+. The van der Waals surface area contributed by atoms with Crippen LogP contribution in [0.15, 0.2) is 91.3 Å². The van der Waals surface area contributed by atoms with E-state index >= 15 is 0 Å². The lowest BCUT2D eigenvalue weighted by Gasteiger charge is -2.15. The number of fused-ring (bicyclic) bond motifs is 1. The van der Waals surface area contributed by atoms with Crippen molar-refractivity contribution in [3.05, 3.63) is 102 Å². The van der Waals surface area contributed by atoms with Crippen molar-refractivity contribution in [1.29, 1.82) is 0 Å². The van der Waals surface area contributed by atoms with Gasteiger partial charge in [0.15, 0.2) is 17.1 Å². The molecule has 1 aromatic heterocycles.